The van der Waals surface area contributed by atoms with Crippen molar-refractivity contribution < 1.29 is 0 Å². The number of pyridine rings is 1. The highest BCUT2D eigenvalue weighted by atomic mass is 32.2. The van der Waals surface area contributed by atoms with E-state index in [2.05, 4.69) is 35.8 Å². The zero-order valence-corrected chi connectivity index (χ0v) is 11.3. The van der Waals surface area contributed by atoms with Crippen molar-refractivity contribution in [2.75, 3.05) is 0 Å². The van der Waals surface area contributed by atoms with Crippen LogP contribution < -0.4 is 5.73 Å². The maximum absolute atomic E-state index is 6.27. The van der Waals surface area contributed by atoms with Crippen molar-refractivity contribution in [1.29, 1.82) is 0 Å². The Balaban J connectivity index is 2.07. The summed E-state index contributed by atoms with van der Waals surface area (Å²) in [7, 11) is 0. The van der Waals surface area contributed by atoms with Crippen LogP contribution in [0, 0.1) is 0 Å². The second kappa shape index (κ2) is 6.41. The van der Waals surface area contributed by atoms with Crippen molar-refractivity contribution in [2.24, 2.45) is 5.73 Å². The molecule has 3 heteroatoms. The second-order valence-corrected chi connectivity index (χ2v) is 6.24. The van der Waals surface area contributed by atoms with Crippen LogP contribution in [0.25, 0.3) is 0 Å². The summed E-state index contributed by atoms with van der Waals surface area (Å²) in [6.07, 6.45) is 8.36. The molecule has 0 aliphatic heterocycles. The molecule has 2 rings (SSSR count). The van der Waals surface area contributed by atoms with E-state index in [1.165, 1.54) is 25.7 Å². The van der Waals surface area contributed by atoms with Gasteiger partial charge in [-0.2, -0.15) is 0 Å². The first kappa shape index (κ1) is 12.9. The molecule has 1 aliphatic carbocycles. The van der Waals surface area contributed by atoms with Gasteiger partial charge in [0.05, 0.1) is 10.9 Å². The van der Waals surface area contributed by atoms with E-state index in [0.717, 1.165) is 17.4 Å². The third-order valence-electron chi connectivity index (χ3n) is 3.48. The molecule has 1 aliphatic rings. The molecule has 1 aromatic rings. The topological polar surface area (TPSA) is 38.9 Å². The first-order valence-electron chi connectivity index (χ1n) is 6.63. The maximum Gasteiger partial charge on any atom is 0.0623 e. The minimum absolute atomic E-state index is 0.218. The number of nitrogens with two attached hydrogens (primary N) is 1. The molecule has 0 aromatic carbocycles. The predicted molar refractivity (Wildman–Crippen MR) is 75.1 cm³/mol. The molecule has 1 fully saturated rings. The standard InChI is InChI=1S/C14H22N2S/c1-2-12(15)14(13-9-5-6-10-16-13)17-11-7-3-4-8-11/h5-6,9-12,14H,2-4,7-8,15H2,1H3. The van der Waals surface area contributed by atoms with Crippen LogP contribution in [0.5, 0.6) is 0 Å². The Morgan fingerprint density at radius 1 is 1.41 bits per heavy atom. The van der Waals surface area contributed by atoms with Gasteiger partial charge in [0.2, 0.25) is 0 Å². The number of thioether (sulfide) groups is 1. The van der Waals surface area contributed by atoms with E-state index >= 15 is 0 Å². The zero-order valence-electron chi connectivity index (χ0n) is 10.5. The summed E-state index contributed by atoms with van der Waals surface area (Å²) in [5, 5.41) is 1.16. The van der Waals surface area contributed by atoms with Crippen molar-refractivity contribution in [3.05, 3.63) is 30.1 Å². The third-order valence-corrected chi connectivity index (χ3v) is 5.22. The molecule has 0 saturated heterocycles. The van der Waals surface area contributed by atoms with E-state index in [1.807, 2.05) is 12.3 Å². The van der Waals surface area contributed by atoms with Crippen LogP contribution in [0.4, 0.5) is 0 Å². The SMILES string of the molecule is CCC(N)C(SC1CCCC1)c1ccccn1. The normalized spacial score (nSPS) is 20.4. The predicted octanol–water partition coefficient (Wildman–Crippen LogP) is 3.54. The van der Waals surface area contributed by atoms with Gasteiger partial charge in [0.1, 0.15) is 0 Å². The van der Waals surface area contributed by atoms with Crippen LogP contribution in [0.1, 0.15) is 50.0 Å². The Bertz CT molecular complexity index is 322. The van der Waals surface area contributed by atoms with Crippen LogP contribution in [0.2, 0.25) is 0 Å². The Kier molecular flexibility index (Phi) is 4.86. The highest BCUT2D eigenvalue weighted by Gasteiger charge is 2.26. The largest absolute Gasteiger partial charge is 0.326 e. The van der Waals surface area contributed by atoms with Crippen LogP contribution >= 0.6 is 11.8 Å². The van der Waals surface area contributed by atoms with Crippen molar-refractivity contribution in [1.82, 2.24) is 4.98 Å². The molecule has 1 saturated carbocycles. The van der Waals surface area contributed by atoms with Crippen LogP contribution in [0.15, 0.2) is 24.4 Å². The second-order valence-electron chi connectivity index (χ2n) is 4.79. The molecule has 17 heavy (non-hydrogen) atoms. The van der Waals surface area contributed by atoms with Gasteiger partial charge < -0.3 is 5.73 Å². The molecular formula is C14H22N2S. The van der Waals surface area contributed by atoms with Crippen molar-refractivity contribution in [3.63, 3.8) is 0 Å². The van der Waals surface area contributed by atoms with Gasteiger partial charge in [0.15, 0.2) is 0 Å². The lowest BCUT2D eigenvalue weighted by Crippen LogP contribution is -2.27. The van der Waals surface area contributed by atoms with E-state index < -0.39 is 0 Å². The van der Waals surface area contributed by atoms with Crippen molar-refractivity contribution >= 4 is 11.8 Å². The fourth-order valence-corrected chi connectivity index (χ4v) is 4.07. The molecule has 2 atom stereocenters. The van der Waals surface area contributed by atoms with Gasteiger partial charge in [-0.3, -0.25) is 4.98 Å². The monoisotopic (exact) mass is 250 g/mol. The summed E-state index contributed by atoms with van der Waals surface area (Å²) in [5.74, 6) is 0. The lowest BCUT2D eigenvalue weighted by molar-refractivity contribution is 0.621. The average Bonchev–Trinajstić information content (AvgIpc) is 2.89. The third kappa shape index (κ3) is 3.46. The summed E-state index contributed by atoms with van der Waals surface area (Å²) in [4.78, 5) is 4.49. The fraction of sp³-hybridized carbons (Fsp3) is 0.643. The zero-order chi connectivity index (χ0) is 12.1. The van der Waals surface area contributed by atoms with Crippen molar-refractivity contribution in [2.45, 2.75) is 55.6 Å². The molecule has 0 radical (unpaired) electrons. The van der Waals surface area contributed by atoms with Crippen LogP contribution in [-0.2, 0) is 0 Å². The average molecular weight is 250 g/mol. The molecule has 0 amide bonds. The molecule has 2 N–H and O–H groups in total. The quantitative estimate of drug-likeness (QED) is 0.869. The van der Waals surface area contributed by atoms with Crippen LogP contribution in [0.3, 0.4) is 0 Å². The minimum atomic E-state index is 0.218. The van der Waals surface area contributed by atoms with Gasteiger partial charge in [-0.15, -0.1) is 11.8 Å². The first-order valence-corrected chi connectivity index (χ1v) is 7.57. The molecule has 0 spiro atoms. The highest BCUT2D eigenvalue weighted by Crippen LogP contribution is 2.40. The number of rotatable bonds is 5. The molecule has 94 valence electrons. The van der Waals surface area contributed by atoms with Gasteiger partial charge in [-0.25, -0.2) is 0 Å². The summed E-state index contributed by atoms with van der Waals surface area (Å²) in [6.45, 7) is 2.16. The number of nitrogens with zero attached hydrogens (tertiary/aromatic N) is 1. The molecule has 1 heterocycles. The summed E-state index contributed by atoms with van der Waals surface area (Å²) < 4.78 is 0. The smallest absolute Gasteiger partial charge is 0.0623 e. The van der Waals surface area contributed by atoms with Crippen LogP contribution in [-0.4, -0.2) is 16.3 Å². The Hall–Kier alpha value is -0.540. The molecule has 2 unspecified atom stereocenters. The van der Waals surface area contributed by atoms with E-state index in [0.29, 0.717) is 5.25 Å². The van der Waals surface area contributed by atoms with E-state index in [-0.39, 0.29) is 6.04 Å². The fourth-order valence-electron chi connectivity index (χ4n) is 2.38. The van der Waals surface area contributed by atoms with E-state index in [1.54, 1.807) is 0 Å². The lowest BCUT2D eigenvalue weighted by atomic mass is 10.1. The maximum atomic E-state index is 6.27. The lowest BCUT2D eigenvalue weighted by Gasteiger charge is -2.24. The van der Waals surface area contributed by atoms with E-state index in [9.17, 15) is 0 Å². The minimum Gasteiger partial charge on any atom is -0.326 e. The molecule has 2 nitrogen and oxygen atoms in total. The number of hydrogen-bond acceptors (Lipinski definition) is 3. The Labute approximate surface area is 108 Å². The molecule has 1 aromatic heterocycles. The first-order chi connectivity index (χ1) is 8.31. The summed E-state index contributed by atoms with van der Waals surface area (Å²) >= 11 is 2.05. The van der Waals surface area contributed by atoms with E-state index in [4.69, 9.17) is 5.73 Å². The highest BCUT2D eigenvalue weighted by molar-refractivity contribution is 8.00. The van der Waals surface area contributed by atoms with Gasteiger partial charge >= 0.3 is 0 Å². The van der Waals surface area contributed by atoms with Gasteiger partial charge in [0.25, 0.3) is 0 Å². The van der Waals surface area contributed by atoms with Gasteiger partial charge in [0, 0.05) is 17.5 Å². The summed E-state index contributed by atoms with van der Waals surface area (Å²) in [6, 6.07) is 6.36. The molecule has 0 bridgehead atoms. The van der Waals surface area contributed by atoms with Crippen molar-refractivity contribution in [3.8, 4) is 0 Å². The summed E-state index contributed by atoms with van der Waals surface area (Å²) in [5.41, 5.74) is 7.42. The Morgan fingerprint density at radius 3 is 2.76 bits per heavy atom. The number of aromatic nitrogens is 1. The molecular weight excluding hydrogens is 228 g/mol. The number of hydrogen-bond donors (Lipinski definition) is 1. The van der Waals surface area contributed by atoms with Gasteiger partial charge in [-0.1, -0.05) is 25.8 Å². The Morgan fingerprint density at radius 2 is 2.18 bits per heavy atom. The van der Waals surface area contributed by atoms with Gasteiger partial charge in [-0.05, 0) is 31.4 Å².